The number of carbonyl (C=O) groups is 1. The molecule has 1 atom stereocenters. The van der Waals surface area contributed by atoms with E-state index in [-0.39, 0.29) is 17.5 Å². The van der Waals surface area contributed by atoms with Crippen molar-refractivity contribution in [3.63, 3.8) is 0 Å². The highest BCUT2D eigenvalue weighted by Gasteiger charge is 2.24. The first-order valence-electron chi connectivity index (χ1n) is 10.1. The number of nitrogens with zero attached hydrogens (tertiary/aromatic N) is 3. The van der Waals surface area contributed by atoms with Crippen molar-refractivity contribution in [1.29, 1.82) is 0 Å². The van der Waals surface area contributed by atoms with Crippen LogP contribution in [0.3, 0.4) is 0 Å². The fourth-order valence-electron chi connectivity index (χ4n) is 4.03. The molecule has 1 aromatic heterocycles. The number of nitrogens with one attached hydrogen (secondary N) is 1. The van der Waals surface area contributed by atoms with E-state index in [1.807, 2.05) is 19.1 Å². The van der Waals surface area contributed by atoms with Crippen LogP contribution < -0.4 is 10.9 Å². The van der Waals surface area contributed by atoms with Gasteiger partial charge in [-0.15, -0.1) is 0 Å². The summed E-state index contributed by atoms with van der Waals surface area (Å²) < 4.78 is 1.69. The number of carbonyl (C=O) groups excluding carboxylic acids is 1. The second-order valence-corrected chi connectivity index (χ2v) is 7.63. The molecule has 1 aliphatic rings. The van der Waals surface area contributed by atoms with Crippen LogP contribution in [0.25, 0.3) is 11.0 Å². The number of amides is 1. The molecule has 0 spiro atoms. The van der Waals surface area contributed by atoms with Crippen LogP contribution in [0.1, 0.15) is 35.0 Å². The topological polar surface area (TPSA) is 67.2 Å². The van der Waals surface area contributed by atoms with E-state index in [1.165, 1.54) is 5.56 Å². The van der Waals surface area contributed by atoms with Gasteiger partial charge in [0.25, 0.3) is 11.5 Å². The summed E-state index contributed by atoms with van der Waals surface area (Å²) in [6.45, 7) is 6.94. The Bertz CT molecular complexity index is 1090. The van der Waals surface area contributed by atoms with Gasteiger partial charge in [-0.1, -0.05) is 30.3 Å². The van der Waals surface area contributed by atoms with Crippen molar-refractivity contribution in [2.24, 2.45) is 0 Å². The predicted molar refractivity (Wildman–Crippen MR) is 114 cm³/mol. The van der Waals surface area contributed by atoms with Crippen molar-refractivity contribution in [3.05, 3.63) is 75.7 Å². The van der Waals surface area contributed by atoms with Gasteiger partial charge in [0.2, 0.25) is 0 Å². The Kier molecular flexibility index (Phi) is 5.45. The summed E-state index contributed by atoms with van der Waals surface area (Å²) in [5.74, 6) is -0.0906. The number of benzene rings is 2. The highest BCUT2D eigenvalue weighted by Crippen LogP contribution is 2.16. The van der Waals surface area contributed by atoms with Crippen LogP contribution in [0, 0.1) is 6.92 Å². The zero-order valence-electron chi connectivity index (χ0n) is 16.9. The van der Waals surface area contributed by atoms with Gasteiger partial charge in [0.1, 0.15) is 5.69 Å². The van der Waals surface area contributed by atoms with Crippen molar-refractivity contribution in [2.45, 2.75) is 39.4 Å². The monoisotopic (exact) mass is 390 g/mol. The molecule has 0 saturated carbocycles. The molecule has 4 rings (SSSR count). The van der Waals surface area contributed by atoms with Crippen LogP contribution in [0.15, 0.2) is 53.3 Å². The van der Waals surface area contributed by atoms with E-state index in [0.717, 1.165) is 31.6 Å². The highest BCUT2D eigenvalue weighted by molar-refractivity contribution is 5.97. The quantitative estimate of drug-likeness (QED) is 0.727. The molecule has 6 heteroatoms. The molecule has 1 amide bonds. The molecular weight excluding hydrogens is 364 g/mol. The van der Waals surface area contributed by atoms with Crippen LogP contribution in [0.2, 0.25) is 0 Å². The minimum atomic E-state index is -0.0906. The van der Waals surface area contributed by atoms with Crippen molar-refractivity contribution in [1.82, 2.24) is 19.8 Å². The van der Waals surface area contributed by atoms with Crippen LogP contribution in [0.4, 0.5) is 0 Å². The van der Waals surface area contributed by atoms with Gasteiger partial charge in [-0.25, -0.2) is 4.98 Å². The molecule has 2 aromatic carbocycles. The van der Waals surface area contributed by atoms with Crippen molar-refractivity contribution < 1.29 is 4.79 Å². The predicted octanol–water partition coefficient (Wildman–Crippen LogP) is 2.73. The van der Waals surface area contributed by atoms with E-state index in [4.69, 9.17) is 0 Å². The van der Waals surface area contributed by atoms with Crippen LogP contribution >= 0.6 is 0 Å². The Hall–Kier alpha value is -2.99. The lowest BCUT2D eigenvalue weighted by Gasteiger charge is -2.17. The molecule has 1 aliphatic heterocycles. The number of likely N-dealkylation sites (tertiary alicyclic amines) is 1. The Morgan fingerprint density at radius 3 is 2.76 bits per heavy atom. The van der Waals surface area contributed by atoms with E-state index in [2.05, 4.69) is 39.5 Å². The molecule has 1 saturated heterocycles. The zero-order chi connectivity index (χ0) is 20.4. The lowest BCUT2D eigenvalue weighted by Crippen LogP contribution is -2.37. The average molecular weight is 390 g/mol. The first-order chi connectivity index (χ1) is 14.0. The second-order valence-electron chi connectivity index (χ2n) is 7.63. The lowest BCUT2D eigenvalue weighted by atomic mass is 10.1. The molecule has 29 heavy (non-hydrogen) atoms. The Balaban J connectivity index is 1.45. The first kappa shape index (κ1) is 19.3. The summed E-state index contributed by atoms with van der Waals surface area (Å²) in [7, 11) is 0. The average Bonchev–Trinajstić information content (AvgIpc) is 3.16. The fourth-order valence-corrected chi connectivity index (χ4v) is 4.03. The van der Waals surface area contributed by atoms with E-state index in [9.17, 15) is 9.59 Å². The summed E-state index contributed by atoms with van der Waals surface area (Å²) in [6, 6.07) is 15.9. The number of rotatable bonds is 5. The largest absolute Gasteiger partial charge is 0.348 e. The molecule has 2 heterocycles. The molecule has 0 unspecified atom stereocenters. The Morgan fingerprint density at radius 1 is 1.21 bits per heavy atom. The molecule has 0 bridgehead atoms. The van der Waals surface area contributed by atoms with Gasteiger partial charge in [-0.05, 0) is 44.0 Å². The summed E-state index contributed by atoms with van der Waals surface area (Å²) in [4.78, 5) is 31.8. The summed E-state index contributed by atoms with van der Waals surface area (Å²) >= 11 is 0. The van der Waals surface area contributed by atoms with Gasteiger partial charge in [-0.3, -0.25) is 14.5 Å². The van der Waals surface area contributed by atoms with E-state index >= 15 is 0 Å². The molecule has 3 aromatic rings. The van der Waals surface area contributed by atoms with E-state index < -0.39 is 0 Å². The number of hydrogen-bond acceptors (Lipinski definition) is 4. The smallest absolute Gasteiger partial charge is 0.272 e. The van der Waals surface area contributed by atoms with Crippen molar-refractivity contribution in [2.75, 3.05) is 13.1 Å². The zero-order valence-corrected chi connectivity index (χ0v) is 16.9. The van der Waals surface area contributed by atoms with Crippen molar-refractivity contribution in [3.8, 4) is 0 Å². The van der Waals surface area contributed by atoms with Gasteiger partial charge in [0, 0.05) is 37.8 Å². The fraction of sp³-hybridized carbons (Fsp3) is 0.348. The van der Waals surface area contributed by atoms with E-state index in [1.54, 1.807) is 23.6 Å². The van der Waals surface area contributed by atoms with Crippen molar-refractivity contribution >= 4 is 16.9 Å². The molecule has 1 fully saturated rings. The Morgan fingerprint density at radius 2 is 2.00 bits per heavy atom. The number of hydrogen-bond donors (Lipinski definition) is 1. The standard InChI is InChI=1S/C23H26N4O2/c1-3-27-21-10-9-18(13-20(21)24-16(2)23(27)29)22(28)25-19-11-12-26(15-19)14-17-7-5-4-6-8-17/h4-10,13,19H,3,11-12,14-15H2,1-2H3,(H,25,28)/t19-/m0/s1. The maximum Gasteiger partial charge on any atom is 0.272 e. The van der Waals surface area contributed by atoms with Crippen LogP contribution in [0.5, 0.6) is 0 Å². The van der Waals surface area contributed by atoms with Crippen LogP contribution in [-0.2, 0) is 13.1 Å². The summed E-state index contributed by atoms with van der Waals surface area (Å²) in [5, 5.41) is 3.15. The molecule has 0 radical (unpaired) electrons. The van der Waals surface area contributed by atoms with Gasteiger partial charge in [-0.2, -0.15) is 0 Å². The normalized spacial score (nSPS) is 17.0. The summed E-state index contributed by atoms with van der Waals surface area (Å²) in [5.41, 5.74) is 3.67. The number of aromatic nitrogens is 2. The third-order valence-electron chi connectivity index (χ3n) is 5.54. The Labute approximate surface area is 170 Å². The number of aryl methyl sites for hydroxylation is 2. The van der Waals surface area contributed by atoms with Crippen LogP contribution in [-0.4, -0.2) is 39.5 Å². The maximum absolute atomic E-state index is 12.8. The maximum atomic E-state index is 12.8. The van der Waals surface area contributed by atoms with Gasteiger partial charge in [0.05, 0.1) is 11.0 Å². The minimum Gasteiger partial charge on any atom is -0.348 e. The minimum absolute atomic E-state index is 0.0818. The van der Waals surface area contributed by atoms with E-state index in [0.29, 0.717) is 23.3 Å². The SMILES string of the molecule is CCn1c(=O)c(C)nc2cc(C(=O)N[C@H]3CCN(Cc4ccccc4)C3)ccc21. The first-order valence-corrected chi connectivity index (χ1v) is 10.1. The number of fused-ring (bicyclic) bond motifs is 1. The highest BCUT2D eigenvalue weighted by atomic mass is 16.1. The van der Waals surface area contributed by atoms with Gasteiger partial charge >= 0.3 is 0 Å². The molecule has 1 N–H and O–H groups in total. The molecule has 6 nitrogen and oxygen atoms in total. The molecule has 150 valence electrons. The molecule has 0 aliphatic carbocycles. The second kappa shape index (κ2) is 8.17. The third kappa shape index (κ3) is 4.07. The van der Waals surface area contributed by atoms with Gasteiger partial charge < -0.3 is 9.88 Å². The molecular formula is C23H26N4O2. The lowest BCUT2D eigenvalue weighted by molar-refractivity contribution is 0.0937. The third-order valence-corrected chi connectivity index (χ3v) is 5.54. The summed E-state index contributed by atoms with van der Waals surface area (Å²) in [6.07, 6.45) is 0.943. The van der Waals surface area contributed by atoms with Gasteiger partial charge in [0.15, 0.2) is 0 Å².